The summed E-state index contributed by atoms with van der Waals surface area (Å²) >= 11 is 0. The van der Waals surface area contributed by atoms with Gasteiger partial charge in [-0.05, 0) is 54.8 Å². The molecule has 2 N–H and O–H groups in total. The van der Waals surface area contributed by atoms with Gasteiger partial charge >= 0.3 is 5.97 Å². The molecule has 2 unspecified atom stereocenters. The van der Waals surface area contributed by atoms with Gasteiger partial charge in [0.2, 0.25) is 5.91 Å². The monoisotopic (exact) mass is 430 g/mol. The molecule has 6 heteroatoms. The Morgan fingerprint density at radius 3 is 2.58 bits per heavy atom. The SMILES string of the molecule is CC1CN(CCN(C(=O)CCC(=O)O)C2CCCCC2)CCC1(C)c1cccc(O)c1. The van der Waals surface area contributed by atoms with Crippen LogP contribution in [0.25, 0.3) is 0 Å². The minimum absolute atomic E-state index is 0.0102. The molecule has 0 aromatic heterocycles. The van der Waals surface area contributed by atoms with Crippen LogP contribution in [0, 0.1) is 5.92 Å². The zero-order chi connectivity index (χ0) is 22.4. The Morgan fingerprint density at radius 1 is 1.19 bits per heavy atom. The summed E-state index contributed by atoms with van der Waals surface area (Å²) in [5, 5.41) is 18.9. The molecule has 1 saturated heterocycles. The van der Waals surface area contributed by atoms with Crippen LogP contribution >= 0.6 is 0 Å². The zero-order valence-corrected chi connectivity index (χ0v) is 19.1. The van der Waals surface area contributed by atoms with E-state index in [-0.39, 0.29) is 30.2 Å². The molecular weight excluding hydrogens is 392 g/mol. The summed E-state index contributed by atoms with van der Waals surface area (Å²) in [6.45, 7) is 7.97. The Morgan fingerprint density at radius 2 is 1.94 bits per heavy atom. The third kappa shape index (κ3) is 6.00. The Bertz CT molecular complexity index is 762. The third-order valence-electron chi connectivity index (χ3n) is 7.62. The van der Waals surface area contributed by atoms with Crippen molar-refractivity contribution in [3.05, 3.63) is 29.8 Å². The molecule has 0 spiro atoms. The zero-order valence-electron chi connectivity index (χ0n) is 19.1. The minimum Gasteiger partial charge on any atom is -0.508 e. The van der Waals surface area contributed by atoms with Crippen molar-refractivity contribution in [1.29, 1.82) is 0 Å². The second-order valence-electron chi connectivity index (χ2n) is 9.69. The fourth-order valence-electron chi connectivity index (χ4n) is 5.32. The summed E-state index contributed by atoms with van der Waals surface area (Å²) in [6, 6.07) is 7.89. The van der Waals surface area contributed by atoms with Gasteiger partial charge in [-0.2, -0.15) is 0 Å². The van der Waals surface area contributed by atoms with Gasteiger partial charge in [0.1, 0.15) is 5.75 Å². The van der Waals surface area contributed by atoms with Crippen LogP contribution in [0.5, 0.6) is 5.75 Å². The number of likely N-dealkylation sites (tertiary alicyclic amines) is 1. The van der Waals surface area contributed by atoms with Crippen LogP contribution in [0.2, 0.25) is 0 Å². The number of nitrogens with zero attached hydrogens (tertiary/aromatic N) is 2. The van der Waals surface area contributed by atoms with Gasteiger partial charge in [-0.1, -0.05) is 45.2 Å². The summed E-state index contributed by atoms with van der Waals surface area (Å²) in [6.07, 6.45) is 6.60. The molecule has 1 aromatic carbocycles. The van der Waals surface area contributed by atoms with Crippen molar-refractivity contribution >= 4 is 11.9 Å². The number of aromatic hydroxyl groups is 1. The average molecular weight is 431 g/mol. The van der Waals surface area contributed by atoms with Gasteiger partial charge in [-0.3, -0.25) is 9.59 Å². The van der Waals surface area contributed by atoms with E-state index in [4.69, 9.17) is 5.11 Å². The number of phenols is 1. The number of carboxylic acids is 1. The number of benzene rings is 1. The fraction of sp³-hybridized carbons (Fsp3) is 0.680. The predicted octanol–water partition coefficient (Wildman–Crippen LogP) is 4.02. The van der Waals surface area contributed by atoms with Crippen molar-refractivity contribution in [3.63, 3.8) is 0 Å². The lowest BCUT2D eigenvalue weighted by Gasteiger charge is -2.46. The van der Waals surface area contributed by atoms with Crippen molar-refractivity contribution in [1.82, 2.24) is 9.80 Å². The molecule has 1 aromatic rings. The first-order chi connectivity index (χ1) is 14.8. The number of hydrogen-bond acceptors (Lipinski definition) is 4. The van der Waals surface area contributed by atoms with E-state index in [1.54, 1.807) is 6.07 Å². The van der Waals surface area contributed by atoms with Crippen LogP contribution < -0.4 is 0 Å². The highest BCUT2D eigenvalue weighted by atomic mass is 16.4. The number of rotatable bonds is 8. The Hall–Kier alpha value is -2.08. The highest BCUT2D eigenvalue weighted by Gasteiger charge is 2.38. The van der Waals surface area contributed by atoms with E-state index >= 15 is 0 Å². The Balaban J connectivity index is 1.60. The number of amides is 1. The van der Waals surface area contributed by atoms with Crippen molar-refractivity contribution in [2.45, 2.75) is 76.7 Å². The van der Waals surface area contributed by atoms with E-state index in [2.05, 4.69) is 24.8 Å². The normalized spacial score (nSPS) is 25.3. The highest BCUT2D eigenvalue weighted by Crippen LogP contribution is 2.40. The quantitative estimate of drug-likeness (QED) is 0.651. The largest absolute Gasteiger partial charge is 0.508 e. The van der Waals surface area contributed by atoms with E-state index in [1.165, 1.54) is 12.0 Å². The van der Waals surface area contributed by atoms with Crippen molar-refractivity contribution in [3.8, 4) is 5.75 Å². The summed E-state index contributed by atoms with van der Waals surface area (Å²) in [7, 11) is 0. The molecule has 1 aliphatic carbocycles. The molecule has 0 bridgehead atoms. The molecule has 1 amide bonds. The van der Waals surface area contributed by atoms with Crippen LogP contribution in [0.1, 0.15) is 70.8 Å². The van der Waals surface area contributed by atoms with Crippen LogP contribution in [0.3, 0.4) is 0 Å². The number of aliphatic carboxylic acids is 1. The molecule has 3 rings (SSSR count). The molecule has 31 heavy (non-hydrogen) atoms. The first-order valence-corrected chi connectivity index (χ1v) is 11.8. The maximum absolute atomic E-state index is 12.8. The van der Waals surface area contributed by atoms with Crippen LogP contribution in [-0.2, 0) is 15.0 Å². The number of carbonyl (C=O) groups is 2. The number of hydrogen-bond donors (Lipinski definition) is 2. The minimum atomic E-state index is -0.909. The van der Waals surface area contributed by atoms with Crippen molar-refractivity contribution in [2.75, 3.05) is 26.2 Å². The molecule has 0 radical (unpaired) electrons. The van der Waals surface area contributed by atoms with Crippen molar-refractivity contribution < 1.29 is 19.8 Å². The van der Waals surface area contributed by atoms with Gasteiger partial charge in [0.05, 0.1) is 6.42 Å². The Labute approximate surface area is 186 Å². The molecule has 2 aliphatic rings. The molecule has 1 saturated carbocycles. The second kappa shape index (κ2) is 10.5. The second-order valence-corrected chi connectivity index (χ2v) is 9.69. The molecule has 1 heterocycles. The van der Waals surface area contributed by atoms with Crippen LogP contribution in [0.15, 0.2) is 24.3 Å². The van der Waals surface area contributed by atoms with Gasteiger partial charge in [-0.25, -0.2) is 0 Å². The first-order valence-electron chi connectivity index (χ1n) is 11.8. The molecular formula is C25H38N2O4. The van der Waals surface area contributed by atoms with E-state index in [9.17, 15) is 14.7 Å². The lowest BCUT2D eigenvalue weighted by Crippen LogP contribution is -2.51. The summed E-state index contributed by atoms with van der Waals surface area (Å²) in [5.74, 6) is -0.178. The van der Waals surface area contributed by atoms with Crippen molar-refractivity contribution in [2.24, 2.45) is 5.92 Å². The predicted molar refractivity (Wildman–Crippen MR) is 121 cm³/mol. The molecule has 1 aliphatic heterocycles. The van der Waals surface area contributed by atoms with Gasteiger partial charge < -0.3 is 20.0 Å². The van der Waals surface area contributed by atoms with Gasteiger partial charge in [0, 0.05) is 32.1 Å². The molecule has 2 atom stereocenters. The fourth-order valence-corrected chi connectivity index (χ4v) is 5.32. The first kappa shape index (κ1) is 23.6. The number of phenolic OH excluding ortho intramolecular Hbond substituents is 1. The smallest absolute Gasteiger partial charge is 0.303 e. The van der Waals surface area contributed by atoms with E-state index in [0.29, 0.717) is 18.2 Å². The van der Waals surface area contributed by atoms with E-state index in [1.807, 2.05) is 17.0 Å². The lowest BCUT2D eigenvalue weighted by atomic mass is 9.68. The molecule has 172 valence electrons. The number of piperidine rings is 1. The van der Waals surface area contributed by atoms with E-state index < -0.39 is 5.97 Å². The summed E-state index contributed by atoms with van der Waals surface area (Å²) < 4.78 is 0. The molecule has 6 nitrogen and oxygen atoms in total. The summed E-state index contributed by atoms with van der Waals surface area (Å²) in [5.41, 5.74) is 1.21. The maximum Gasteiger partial charge on any atom is 0.303 e. The highest BCUT2D eigenvalue weighted by molar-refractivity contribution is 5.81. The molecule has 2 fully saturated rings. The van der Waals surface area contributed by atoms with Crippen LogP contribution in [0.4, 0.5) is 0 Å². The Kier molecular flexibility index (Phi) is 7.98. The topological polar surface area (TPSA) is 81.1 Å². The van der Waals surface area contributed by atoms with Gasteiger partial charge in [-0.15, -0.1) is 0 Å². The lowest BCUT2D eigenvalue weighted by molar-refractivity contribution is -0.142. The standard InChI is InChI=1S/C25H38N2O4/c1-19-18-26(14-13-25(19,2)20-7-6-10-22(28)17-20)15-16-27(21-8-4-3-5-9-21)23(29)11-12-24(30)31/h6-7,10,17,19,21,28H,3-5,8-9,11-16,18H2,1-2H3,(H,30,31). The maximum atomic E-state index is 12.8. The number of carbonyl (C=O) groups excluding carboxylic acids is 1. The number of carboxylic acid groups (broad SMARTS) is 1. The third-order valence-corrected chi connectivity index (χ3v) is 7.62. The summed E-state index contributed by atoms with van der Waals surface area (Å²) in [4.78, 5) is 28.2. The van der Waals surface area contributed by atoms with Gasteiger partial charge in [0.15, 0.2) is 0 Å². The van der Waals surface area contributed by atoms with E-state index in [0.717, 1.165) is 51.7 Å². The van der Waals surface area contributed by atoms with Gasteiger partial charge in [0.25, 0.3) is 0 Å². The average Bonchev–Trinajstić information content (AvgIpc) is 2.75. The van der Waals surface area contributed by atoms with Crippen LogP contribution in [-0.4, -0.2) is 64.1 Å².